The number of ether oxygens (including phenoxy) is 2. The molecule has 19 heavy (non-hydrogen) atoms. The summed E-state index contributed by atoms with van der Waals surface area (Å²) >= 11 is 0. The number of alkyl halides is 3. The van der Waals surface area contributed by atoms with Gasteiger partial charge in [-0.2, -0.15) is 18.2 Å². The van der Waals surface area contributed by atoms with E-state index in [1.165, 1.54) is 0 Å². The SMILES string of the molecule is CC(C)C(=NC(=O)OCC(F)(F)F)N1CCOCC1. The van der Waals surface area contributed by atoms with Crippen LogP contribution in [0.25, 0.3) is 0 Å². The van der Waals surface area contributed by atoms with Gasteiger partial charge in [-0.1, -0.05) is 13.8 Å². The number of halogens is 3. The average Bonchev–Trinajstić information content (AvgIpc) is 2.33. The molecule has 0 radical (unpaired) electrons. The lowest BCUT2D eigenvalue weighted by Gasteiger charge is -2.31. The molecule has 0 aromatic carbocycles. The van der Waals surface area contributed by atoms with E-state index in [0.717, 1.165) is 0 Å². The van der Waals surface area contributed by atoms with E-state index in [2.05, 4.69) is 9.73 Å². The van der Waals surface area contributed by atoms with Gasteiger partial charge in [0.1, 0.15) is 5.84 Å². The summed E-state index contributed by atoms with van der Waals surface area (Å²) in [6, 6.07) is 0. The third-order valence-corrected chi connectivity index (χ3v) is 2.42. The molecule has 0 aliphatic carbocycles. The number of aliphatic imine (C=N–C) groups is 1. The highest BCUT2D eigenvalue weighted by molar-refractivity contribution is 5.93. The number of amidine groups is 1. The van der Waals surface area contributed by atoms with Gasteiger partial charge < -0.3 is 14.4 Å². The van der Waals surface area contributed by atoms with E-state index in [9.17, 15) is 18.0 Å². The molecule has 8 heteroatoms. The van der Waals surface area contributed by atoms with E-state index in [0.29, 0.717) is 32.1 Å². The molecule has 110 valence electrons. The molecule has 0 saturated carbocycles. The molecule has 0 atom stereocenters. The summed E-state index contributed by atoms with van der Waals surface area (Å²) in [7, 11) is 0. The van der Waals surface area contributed by atoms with Crippen molar-refractivity contribution < 1.29 is 27.4 Å². The largest absolute Gasteiger partial charge is 0.438 e. The van der Waals surface area contributed by atoms with Gasteiger partial charge in [-0.15, -0.1) is 0 Å². The van der Waals surface area contributed by atoms with Crippen LogP contribution in [0.2, 0.25) is 0 Å². The topological polar surface area (TPSA) is 51.1 Å². The summed E-state index contributed by atoms with van der Waals surface area (Å²) in [4.78, 5) is 16.7. The highest BCUT2D eigenvalue weighted by Gasteiger charge is 2.30. The van der Waals surface area contributed by atoms with Crippen molar-refractivity contribution in [3.05, 3.63) is 0 Å². The summed E-state index contributed by atoms with van der Waals surface area (Å²) < 4.78 is 45.0. The Kier molecular flexibility index (Phi) is 5.59. The second-order valence-electron chi connectivity index (χ2n) is 4.39. The number of nitrogens with zero attached hydrogens (tertiary/aromatic N) is 2. The van der Waals surface area contributed by atoms with Gasteiger partial charge in [0.25, 0.3) is 0 Å². The molecule has 1 saturated heterocycles. The van der Waals surface area contributed by atoms with Gasteiger partial charge in [0.2, 0.25) is 0 Å². The lowest BCUT2D eigenvalue weighted by atomic mass is 10.1. The van der Waals surface area contributed by atoms with Crippen molar-refractivity contribution >= 4 is 11.9 Å². The summed E-state index contributed by atoms with van der Waals surface area (Å²) in [6.45, 7) is 4.13. The molecule has 0 unspecified atom stereocenters. The highest BCUT2D eigenvalue weighted by atomic mass is 19.4. The number of carbonyl (C=O) groups excluding carboxylic acids is 1. The first-order valence-corrected chi connectivity index (χ1v) is 5.94. The molecule has 1 heterocycles. The number of rotatable bonds is 2. The van der Waals surface area contributed by atoms with Crippen LogP contribution in [0, 0.1) is 5.92 Å². The number of amides is 1. The third-order valence-electron chi connectivity index (χ3n) is 2.42. The first-order valence-electron chi connectivity index (χ1n) is 5.94. The predicted octanol–water partition coefficient (Wildman–Crippen LogP) is 2.07. The minimum Gasteiger partial charge on any atom is -0.438 e. The van der Waals surface area contributed by atoms with Gasteiger partial charge >= 0.3 is 12.3 Å². The molecule has 1 aliphatic heterocycles. The maximum absolute atomic E-state index is 11.9. The van der Waals surface area contributed by atoms with Crippen LogP contribution in [0.1, 0.15) is 13.8 Å². The second kappa shape index (κ2) is 6.74. The van der Waals surface area contributed by atoms with Crippen LogP contribution < -0.4 is 0 Å². The van der Waals surface area contributed by atoms with Crippen molar-refractivity contribution in [2.45, 2.75) is 20.0 Å². The van der Waals surface area contributed by atoms with E-state index in [-0.39, 0.29) is 5.92 Å². The van der Waals surface area contributed by atoms with Crippen molar-refractivity contribution in [3.63, 3.8) is 0 Å². The van der Waals surface area contributed by atoms with Gasteiger partial charge in [0.05, 0.1) is 13.2 Å². The quantitative estimate of drug-likeness (QED) is 0.574. The Morgan fingerprint density at radius 2 is 1.95 bits per heavy atom. The van der Waals surface area contributed by atoms with Crippen LogP contribution in [-0.2, 0) is 9.47 Å². The molecule has 1 rings (SSSR count). The minimum atomic E-state index is -4.54. The maximum atomic E-state index is 11.9. The van der Waals surface area contributed by atoms with Crippen LogP contribution in [-0.4, -0.2) is 55.9 Å². The van der Waals surface area contributed by atoms with Crippen LogP contribution in [0.5, 0.6) is 0 Å². The highest BCUT2D eigenvalue weighted by Crippen LogP contribution is 2.15. The average molecular weight is 282 g/mol. The van der Waals surface area contributed by atoms with Crippen LogP contribution >= 0.6 is 0 Å². The van der Waals surface area contributed by atoms with Crippen molar-refractivity contribution in [2.75, 3.05) is 32.9 Å². The number of carbonyl (C=O) groups is 1. The van der Waals surface area contributed by atoms with E-state index in [1.807, 2.05) is 18.7 Å². The van der Waals surface area contributed by atoms with E-state index < -0.39 is 18.9 Å². The van der Waals surface area contributed by atoms with Crippen LogP contribution in [0.4, 0.5) is 18.0 Å². The van der Waals surface area contributed by atoms with E-state index in [4.69, 9.17) is 4.74 Å². The first-order chi connectivity index (χ1) is 8.79. The van der Waals surface area contributed by atoms with Crippen LogP contribution in [0.3, 0.4) is 0 Å². The van der Waals surface area contributed by atoms with E-state index >= 15 is 0 Å². The van der Waals surface area contributed by atoms with Gasteiger partial charge in [-0.3, -0.25) is 0 Å². The Balaban J connectivity index is 2.64. The Bertz CT molecular complexity index is 337. The normalized spacial score (nSPS) is 17.8. The van der Waals surface area contributed by atoms with Crippen molar-refractivity contribution in [1.29, 1.82) is 0 Å². The van der Waals surface area contributed by atoms with Crippen molar-refractivity contribution in [1.82, 2.24) is 4.90 Å². The number of morpholine rings is 1. The van der Waals surface area contributed by atoms with Crippen molar-refractivity contribution in [3.8, 4) is 0 Å². The smallest absolute Gasteiger partial charge is 0.435 e. The summed E-state index contributed by atoms with van der Waals surface area (Å²) in [5.74, 6) is 0.340. The zero-order chi connectivity index (χ0) is 14.5. The van der Waals surface area contributed by atoms with Crippen LogP contribution in [0.15, 0.2) is 4.99 Å². The fourth-order valence-electron chi connectivity index (χ4n) is 1.63. The van der Waals surface area contributed by atoms with Gasteiger partial charge in [0, 0.05) is 19.0 Å². The monoisotopic (exact) mass is 282 g/mol. The Morgan fingerprint density at radius 1 is 1.37 bits per heavy atom. The summed E-state index contributed by atoms with van der Waals surface area (Å²) in [5, 5.41) is 0. The lowest BCUT2D eigenvalue weighted by Crippen LogP contribution is -2.43. The first kappa shape index (κ1) is 15.7. The maximum Gasteiger partial charge on any atom is 0.435 e. The Labute approximate surface area is 109 Å². The third kappa shape index (κ3) is 5.91. The zero-order valence-electron chi connectivity index (χ0n) is 10.9. The zero-order valence-corrected chi connectivity index (χ0v) is 10.9. The fraction of sp³-hybridized carbons (Fsp3) is 0.818. The van der Waals surface area contributed by atoms with E-state index in [1.54, 1.807) is 0 Å². The molecule has 1 amide bonds. The van der Waals surface area contributed by atoms with Crippen molar-refractivity contribution in [2.24, 2.45) is 10.9 Å². The standard InChI is InChI=1S/C11H17F3N2O3/c1-8(2)9(16-3-5-18-6-4-16)15-10(17)19-7-11(12,13)14/h8H,3-7H2,1-2H3. The molecule has 0 aromatic heterocycles. The summed E-state index contributed by atoms with van der Waals surface area (Å²) in [6.07, 6.45) is -5.75. The summed E-state index contributed by atoms with van der Waals surface area (Å²) in [5.41, 5.74) is 0. The molecule has 0 spiro atoms. The lowest BCUT2D eigenvalue weighted by molar-refractivity contribution is -0.159. The second-order valence-corrected chi connectivity index (χ2v) is 4.39. The van der Waals surface area contributed by atoms with Gasteiger partial charge in [-0.25, -0.2) is 4.79 Å². The molecule has 0 aromatic rings. The number of hydrogen-bond donors (Lipinski definition) is 0. The molecule has 0 bridgehead atoms. The number of hydrogen-bond acceptors (Lipinski definition) is 3. The van der Waals surface area contributed by atoms with Gasteiger partial charge in [0.15, 0.2) is 6.61 Å². The van der Waals surface area contributed by atoms with Gasteiger partial charge in [-0.05, 0) is 0 Å². The molecule has 0 N–H and O–H groups in total. The predicted molar refractivity (Wildman–Crippen MR) is 62.1 cm³/mol. The fourth-order valence-corrected chi connectivity index (χ4v) is 1.63. The minimum absolute atomic E-state index is 0.0865. The molecular formula is C11H17F3N2O3. The Hall–Kier alpha value is -1.31. The molecular weight excluding hydrogens is 265 g/mol. The molecule has 1 fully saturated rings. The molecule has 5 nitrogen and oxygen atoms in total. The molecule has 1 aliphatic rings. The Morgan fingerprint density at radius 3 is 2.42 bits per heavy atom.